The fourth-order valence-electron chi connectivity index (χ4n) is 3.80. The van der Waals surface area contributed by atoms with Crippen molar-refractivity contribution in [3.63, 3.8) is 0 Å². The second-order valence-corrected chi connectivity index (χ2v) is 9.98. The van der Waals surface area contributed by atoms with Crippen molar-refractivity contribution in [2.24, 2.45) is 0 Å². The topological polar surface area (TPSA) is 52.6 Å². The van der Waals surface area contributed by atoms with E-state index >= 15 is 0 Å². The molecule has 0 heterocycles. The van der Waals surface area contributed by atoms with E-state index in [-0.39, 0.29) is 5.12 Å². The predicted octanol–water partition coefficient (Wildman–Crippen LogP) is 8.01. The molecule has 6 heteroatoms. The predicted molar refractivity (Wildman–Crippen MR) is 144 cm³/mol. The molecule has 1 atom stereocenters. The third-order valence-corrected chi connectivity index (χ3v) is 6.74. The molecule has 0 spiro atoms. The second-order valence-electron chi connectivity index (χ2n) is 8.26. The highest BCUT2D eigenvalue weighted by Gasteiger charge is 2.15. The number of halogens is 1. The van der Waals surface area contributed by atoms with Crippen LogP contribution in [0.4, 0.5) is 0 Å². The molecule has 0 aliphatic heterocycles. The molecule has 0 aliphatic carbocycles. The van der Waals surface area contributed by atoms with Crippen LogP contribution in [0.1, 0.15) is 55.1 Å². The molecule has 0 amide bonds. The SMILES string of the molecule is CCCc1cc(Oc2ccccc2)ccc1CCCCOc1ccc(C(C=O)SC(C)=O)cc1Cl. The van der Waals surface area contributed by atoms with Gasteiger partial charge in [0.1, 0.15) is 23.5 Å². The Hall–Kier alpha value is -2.76. The quantitative estimate of drug-likeness (QED) is 0.172. The van der Waals surface area contributed by atoms with E-state index in [1.54, 1.807) is 18.2 Å². The Balaban J connectivity index is 1.51. The lowest BCUT2D eigenvalue weighted by Crippen LogP contribution is -2.02. The van der Waals surface area contributed by atoms with Crippen LogP contribution >= 0.6 is 23.4 Å². The highest BCUT2D eigenvalue weighted by Crippen LogP contribution is 2.33. The fourth-order valence-corrected chi connectivity index (χ4v) is 4.74. The highest BCUT2D eigenvalue weighted by atomic mass is 35.5. The van der Waals surface area contributed by atoms with Crippen LogP contribution in [-0.2, 0) is 22.4 Å². The van der Waals surface area contributed by atoms with E-state index < -0.39 is 5.25 Å². The van der Waals surface area contributed by atoms with Crippen LogP contribution in [0.2, 0.25) is 5.02 Å². The Morgan fingerprint density at radius 1 is 0.971 bits per heavy atom. The third-order valence-electron chi connectivity index (χ3n) is 5.47. The molecule has 0 aromatic heterocycles. The zero-order valence-corrected chi connectivity index (χ0v) is 21.7. The lowest BCUT2D eigenvalue weighted by atomic mass is 9.98. The first-order valence-corrected chi connectivity index (χ1v) is 13.2. The molecule has 3 aromatic carbocycles. The Kier molecular flexibility index (Phi) is 10.7. The standard InChI is InChI=1S/C29H31ClO4S/c1-3-9-23-18-26(34-25-11-5-4-6-12-25)15-13-22(23)10-7-8-17-33-28-16-14-24(19-27(28)30)29(20-31)35-21(2)32/h4-6,11-16,18-20,29H,3,7-10,17H2,1-2H3. The van der Waals surface area contributed by atoms with Gasteiger partial charge in [0.15, 0.2) is 5.12 Å². The van der Waals surface area contributed by atoms with Crippen molar-refractivity contribution >= 4 is 34.8 Å². The molecule has 1 unspecified atom stereocenters. The van der Waals surface area contributed by atoms with Crippen molar-refractivity contribution in [3.8, 4) is 17.2 Å². The van der Waals surface area contributed by atoms with Crippen molar-refractivity contribution in [1.29, 1.82) is 0 Å². The molecule has 0 saturated carbocycles. The van der Waals surface area contributed by atoms with E-state index in [0.29, 0.717) is 22.9 Å². The highest BCUT2D eigenvalue weighted by molar-refractivity contribution is 8.14. The molecule has 3 aromatic rings. The van der Waals surface area contributed by atoms with Gasteiger partial charge >= 0.3 is 0 Å². The number of aryl methyl sites for hydroxylation is 2. The molecule has 0 fully saturated rings. The van der Waals surface area contributed by atoms with Gasteiger partial charge in [-0.25, -0.2) is 0 Å². The summed E-state index contributed by atoms with van der Waals surface area (Å²) in [6.45, 7) is 4.18. The maximum absolute atomic E-state index is 11.3. The Labute approximate surface area is 217 Å². The Morgan fingerprint density at radius 2 is 1.77 bits per heavy atom. The van der Waals surface area contributed by atoms with E-state index in [2.05, 4.69) is 19.1 Å². The fraction of sp³-hybridized carbons (Fsp3) is 0.310. The maximum Gasteiger partial charge on any atom is 0.186 e. The summed E-state index contributed by atoms with van der Waals surface area (Å²) in [7, 11) is 0. The van der Waals surface area contributed by atoms with Gasteiger partial charge in [0, 0.05) is 6.92 Å². The molecule has 0 bridgehead atoms. The minimum atomic E-state index is -0.555. The Morgan fingerprint density at radius 3 is 2.46 bits per heavy atom. The summed E-state index contributed by atoms with van der Waals surface area (Å²) in [5.74, 6) is 2.29. The first-order chi connectivity index (χ1) is 17.0. The number of para-hydroxylation sites is 1. The van der Waals surface area contributed by atoms with Gasteiger partial charge < -0.3 is 14.3 Å². The number of carbonyl (C=O) groups excluding carboxylic acids is 2. The monoisotopic (exact) mass is 510 g/mol. The number of hydrogen-bond donors (Lipinski definition) is 0. The van der Waals surface area contributed by atoms with Gasteiger partial charge in [0.05, 0.1) is 16.9 Å². The molecule has 184 valence electrons. The minimum Gasteiger partial charge on any atom is -0.492 e. The molecule has 35 heavy (non-hydrogen) atoms. The van der Waals surface area contributed by atoms with Gasteiger partial charge in [0.2, 0.25) is 0 Å². The number of ether oxygens (including phenoxy) is 2. The zero-order chi connectivity index (χ0) is 25.0. The van der Waals surface area contributed by atoms with Crippen molar-refractivity contribution < 1.29 is 19.1 Å². The van der Waals surface area contributed by atoms with E-state index in [4.69, 9.17) is 21.1 Å². The molecular weight excluding hydrogens is 480 g/mol. The molecule has 4 nitrogen and oxygen atoms in total. The summed E-state index contributed by atoms with van der Waals surface area (Å²) < 4.78 is 11.9. The number of thioether (sulfide) groups is 1. The Bertz CT molecular complexity index is 1120. The summed E-state index contributed by atoms with van der Waals surface area (Å²) >= 11 is 7.34. The lowest BCUT2D eigenvalue weighted by molar-refractivity contribution is -0.110. The van der Waals surface area contributed by atoms with Crippen LogP contribution in [0.15, 0.2) is 66.7 Å². The van der Waals surface area contributed by atoms with Gasteiger partial charge in [0.25, 0.3) is 0 Å². The normalized spacial score (nSPS) is 11.6. The van der Waals surface area contributed by atoms with Crippen molar-refractivity contribution in [3.05, 3.63) is 88.4 Å². The van der Waals surface area contributed by atoms with Crippen LogP contribution in [0.25, 0.3) is 0 Å². The first-order valence-electron chi connectivity index (χ1n) is 11.9. The number of carbonyl (C=O) groups is 2. The summed E-state index contributed by atoms with van der Waals surface area (Å²) in [6.07, 6.45) is 5.71. The average Bonchev–Trinajstić information content (AvgIpc) is 2.85. The van der Waals surface area contributed by atoms with Gasteiger partial charge in [-0.1, -0.05) is 67.0 Å². The van der Waals surface area contributed by atoms with E-state index in [1.165, 1.54) is 18.1 Å². The average molecular weight is 511 g/mol. The molecule has 0 saturated heterocycles. The molecular formula is C29H31ClO4S. The number of rotatable bonds is 13. The first kappa shape index (κ1) is 26.8. The van der Waals surface area contributed by atoms with E-state index in [1.807, 2.05) is 36.4 Å². The third kappa shape index (κ3) is 8.44. The summed E-state index contributed by atoms with van der Waals surface area (Å²) in [5, 5.41) is -0.224. The lowest BCUT2D eigenvalue weighted by Gasteiger charge is -2.14. The van der Waals surface area contributed by atoms with Crippen molar-refractivity contribution in [2.75, 3.05) is 6.61 Å². The van der Waals surface area contributed by atoms with Gasteiger partial charge in [-0.2, -0.15) is 0 Å². The van der Waals surface area contributed by atoms with Gasteiger partial charge in [-0.3, -0.25) is 4.79 Å². The summed E-state index contributed by atoms with van der Waals surface area (Å²) in [4.78, 5) is 22.6. The molecule has 0 N–H and O–H groups in total. The van der Waals surface area contributed by atoms with Crippen LogP contribution in [0.5, 0.6) is 17.2 Å². The smallest absolute Gasteiger partial charge is 0.186 e. The van der Waals surface area contributed by atoms with Crippen molar-refractivity contribution in [1.82, 2.24) is 0 Å². The minimum absolute atomic E-state index is 0.112. The van der Waals surface area contributed by atoms with Crippen LogP contribution in [0.3, 0.4) is 0 Å². The van der Waals surface area contributed by atoms with Gasteiger partial charge in [-0.05, 0) is 78.8 Å². The molecule has 3 rings (SSSR count). The number of benzene rings is 3. The molecule has 0 aliphatic rings. The van der Waals surface area contributed by atoms with Crippen LogP contribution in [0, 0.1) is 0 Å². The molecule has 0 radical (unpaired) electrons. The largest absolute Gasteiger partial charge is 0.492 e. The zero-order valence-electron chi connectivity index (χ0n) is 20.2. The van der Waals surface area contributed by atoms with E-state index in [0.717, 1.165) is 61.7 Å². The maximum atomic E-state index is 11.3. The van der Waals surface area contributed by atoms with E-state index in [9.17, 15) is 9.59 Å². The second kappa shape index (κ2) is 14.0. The number of aldehydes is 1. The van der Waals surface area contributed by atoms with Gasteiger partial charge in [-0.15, -0.1) is 0 Å². The number of unbranched alkanes of at least 4 members (excludes halogenated alkanes) is 1. The van der Waals surface area contributed by atoms with Crippen LogP contribution in [-0.4, -0.2) is 18.0 Å². The number of hydrogen-bond acceptors (Lipinski definition) is 5. The van der Waals surface area contributed by atoms with Crippen LogP contribution < -0.4 is 9.47 Å². The summed E-state index contributed by atoms with van der Waals surface area (Å²) in [5.41, 5.74) is 3.37. The van der Waals surface area contributed by atoms with Crippen molar-refractivity contribution in [2.45, 2.75) is 51.2 Å². The summed E-state index contributed by atoms with van der Waals surface area (Å²) in [6, 6.07) is 21.4.